The normalized spacial score (nSPS) is 10.2. The third kappa shape index (κ3) is 4.02. The highest BCUT2D eigenvalue weighted by atomic mass is 19.1. The molecule has 21 heavy (non-hydrogen) atoms. The molecule has 0 atom stereocenters. The molecular weight excluding hydrogens is 276 g/mol. The molecule has 0 spiro atoms. The minimum atomic E-state index is -0.517. The van der Waals surface area contributed by atoms with Gasteiger partial charge in [-0.2, -0.15) is 0 Å². The van der Waals surface area contributed by atoms with E-state index in [2.05, 4.69) is 5.32 Å². The van der Waals surface area contributed by atoms with Crippen LogP contribution >= 0.6 is 0 Å². The third-order valence-corrected chi connectivity index (χ3v) is 3.01. The lowest BCUT2D eigenvalue weighted by Gasteiger charge is -2.07. The molecule has 5 heteroatoms. The standard InChI is InChI=1S/C16H15F2NO2/c1-21-15-7-6-11(8-14(15)18)9-16(20)19-10-12-4-2-3-5-13(12)17/h2-8H,9-10H2,1H3,(H,19,20). The van der Waals surface area contributed by atoms with Crippen molar-refractivity contribution >= 4 is 5.91 Å². The van der Waals surface area contributed by atoms with E-state index in [1.165, 1.54) is 25.3 Å². The molecule has 2 aromatic rings. The van der Waals surface area contributed by atoms with Gasteiger partial charge in [0.25, 0.3) is 0 Å². The van der Waals surface area contributed by atoms with Crippen molar-refractivity contribution in [1.29, 1.82) is 0 Å². The molecule has 0 aliphatic carbocycles. The largest absolute Gasteiger partial charge is 0.494 e. The molecule has 0 saturated heterocycles. The average Bonchev–Trinajstić information content (AvgIpc) is 2.46. The molecule has 1 N–H and O–H groups in total. The Morgan fingerprint density at radius 2 is 1.90 bits per heavy atom. The van der Waals surface area contributed by atoms with Gasteiger partial charge in [0.05, 0.1) is 13.5 Å². The Labute approximate surface area is 121 Å². The van der Waals surface area contributed by atoms with Crippen molar-refractivity contribution in [3.05, 3.63) is 65.2 Å². The number of ether oxygens (including phenoxy) is 1. The predicted octanol–water partition coefficient (Wildman–Crippen LogP) is 2.83. The predicted molar refractivity (Wildman–Crippen MR) is 74.9 cm³/mol. The first-order valence-electron chi connectivity index (χ1n) is 6.42. The molecule has 0 bridgehead atoms. The Balaban J connectivity index is 1.93. The van der Waals surface area contributed by atoms with Gasteiger partial charge in [-0.1, -0.05) is 24.3 Å². The molecule has 0 heterocycles. The highest BCUT2D eigenvalue weighted by Gasteiger charge is 2.08. The molecule has 2 aromatic carbocycles. The molecule has 2 rings (SSSR count). The number of carbonyl (C=O) groups is 1. The van der Waals surface area contributed by atoms with Gasteiger partial charge in [0.1, 0.15) is 5.82 Å². The second-order valence-electron chi connectivity index (χ2n) is 4.51. The number of methoxy groups -OCH3 is 1. The van der Waals surface area contributed by atoms with Crippen LogP contribution in [0.5, 0.6) is 5.75 Å². The molecule has 0 radical (unpaired) electrons. The fourth-order valence-corrected chi connectivity index (χ4v) is 1.90. The summed E-state index contributed by atoms with van der Waals surface area (Å²) >= 11 is 0. The number of halogens is 2. The molecule has 0 aromatic heterocycles. The van der Waals surface area contributed by atoms with Crippen molar-refractivity contribution in [3.63, 3.8) is 0 Å². The molecular formula is C16H15F2NO2. The zero-order valence-corrected chi connectivity index (χ0v) is 11.5. The lowest BCUT2D eigenvalue weighted by Crippen LogP contribution is -2.25. The van der Waals surface area contributed by atoms with Gasteiger partial charge >= 0.3 is 0 Å². The average molecular weight is 291 g/mol. The number of amides is 1. The first-order valence-corrected chi connectivity index (χ1v) is 6.42. The number of hydrogen-bond donors (Lipinski definition) is 1. The van der Waals surface area contributed by atoms with E-state index in [1.54, 1.807) is 24.3 Å². The fourth-order valence-electron chi connectivity index (χ4n) is 1.90. The summed E-state index contributed by atoms with van der Waals surface area (Å²) in [6, 6.07) is 10.5. The lowest BCUT2D eigenvalue weighted by molar-refractivity contribution is -0.120. The Bertz CT molecular complexity index is 644. The van der Waals surface area contributed by atoms with E-state index in [4.69, 9.17) is 4.74 Å². The maximum absolute atomic E-state index is 13.5. The molecule has 0 aliphatic heterocycles. The number of rotatable bonds is 5. The van der Waals surface area contributed by atoms with Crippen LogP contribution in [0.1, 0.15) is 11.1 Å². The number of nitrogens with one attached hydrogen (secondary N) is 1. The van der Waals surface area contributed by atoms with Crippen molar-refractivity contribution in [1.82, 2.24) is 5.32 Å². The zero-order chi connectivity index (χ0) is 15.2. The summed E-state index contributed by atoms with van der Waals surface area (Å²) in [4.78, 5) is 11.8. The molecule has 1 amide bonds. The third-order valence-electron chi connectivity index (χ3n) is 3.01. The summed E-state index contributed by atoms with van der Waals surface area (Å²) in [6.07, 6.45) is 0.0232. The van der Waals surface area contributed by atoms with E-state index in [0.29, 0.717) is 11.1 Å². The van der Waals surface area contributed by atoms with Crippen LogP contribution in [0, 0.1) is 11.6 Å². The highest BCUT2D eigenvalue weighted by molar-refractivity contribution is 5.78. The van der Waals surface area contributed by atoms with Gasteiger partial charge in [0.15, 0.2) is 11.6 Å². The minimum absolute atomic E-state index is 0.0232. The number of hydrogen-bond acceptors (Lipinski definition) is 2. The SMILES string of the molecule is COc1ccc(CC(=O)NCc2ccccc2F)cc1F. The van der Waals surface area contributed by atoms with Crippen LogP contribution in [0.4, 0.5) is 8.78 Å². The van der Waals surface area contributed by atoms with Crippen molar-refractivity contribution in [2.24, 2.45) is 0 Å². The van der Waals surface area contributed by atoms with Crippen molar-refractivity contribution in [2.45, 2.75) is 13.0 Å². The van der Waals surface area contributed by atoms with E-state index in [9.17, 15) is 13.6 Å². The second-order valence-corrected chi connectivity index (χ2v) is 4.51. The monoisotopic (exact) mass is 291 g/mol. The molecule has 0 unspecified atom stereocenters. The molecule has 0 fully saturated rings. The van der Waals surface area contributed by atoms with Crippen LogP contribution in [-0.4, -0.2) is 13.0 Å². The van der Waals surface area contributed by atoms with Gasteiger partial charge in [0.2, 0.25) is 5.91 Å². The van der Waals surface area contributed by atoms with Crippen LogP contribution in [0.3, 0.4) is 0 Å². The maximum atomic E-state index is 13.5. The second kappa shape index (κ2) is 6.83. The lowest BCUT2D eigenvalue weighted by atomic mass is 10.1. The number of carbonyl (C=O) groups excluding carboxylic acids is 1. The topological polar surface area (TPSA) is 38.3 Å². The van der Waals surface area contributed by atoms with Gasteiger partial charge in [-0.25, -0.2) is 8.78 Å². The van der Waals surface area contributed by atoms with Crippen LogP contribution in [-0.2, 0) is 17.8 Å². The summed E-state index contributed by atoms with van der Waals surface area (Å²) in [7, 11) is 1.37. The van der Waals surface area contributed by atoms with Crippen molar-refractivity contribution < 1.29 is 18.3 Å². The molecule has 110 valence electrons. The van der Waals surface area contributed by atoms with E-state index in [1.807, 2.05) is 0 Å². The van der Waals surface area contributed by atoms with Crippen LogP contribution in [0.2, 0.25) is 0 Å². The van der Waals surface area contributed by atoms with Crippen molar-refractivity contribution in [2.75, 3.05) is 7.11 Å². The summed E-state index contributed by atoms with van der Waals surface area (Å²) in [5.74, 6) is -1.06. The van der Waals surface area contributed by atoms with Gasteiger partial charge in [-0.3, -0.25) is 4.79 Å². The Morgan fingerprint density at radius 3 is 2.57 bits per heavy atom. The fraction of sp³-hybridized carbons (Fsp3) is 0.188. The van der Waals surface area contributed by atoms with Crippen LogP contribution < -0.4 is 10.1 Å². The van der Waals surface area contributed by atoms with E-state index >= 15 is 0 Å². The quantitative estimate of drug-likeness (QED) is 0.920. The smallest absolute Gasteiger partial charge is 0.224 e. The highest BCUT2D eigenvalue weighted by Crippen LogP contribution is 2.17. The zero-order valence-electron chi connectivity index (χ0n) is 11.5. The first kappa shape index (κ1) is 15.0. The molecule has 3 nitrogen and oxygen atoms in total. The van der Waals surface area contributed by atoms with E-state index in [0.717, 1.165) is 0 Å². The minimum Gasteiger partial charge on any atom is -0.494 e. The van der Waals surface area contributed by atoms with Crippen LogP contribution in [0.15, 0.2) is 42.5 Å². The van der Waals surface area contributed by atoms with E-state index < -0.39 is 5.82 Å². The van der Waals surface area contributed by atoms with E-state index in [-0.39, 0.29) is 30.4 Å². The number of benzene rings is 2. The summed E-state index contributed by atoms with van der Waals surface area (Å²) in [5, 5.41) is 2.60. The molecule has 0 aliphatic rings. The molecule has 0 saturated carbocycles. The Kier molecular flexibility index (Phi) is 4.87. The van der Waals surface area contributed by atoms with Crippen molar-refractivity contribution in [3.8, 4) is 5.75 Å². The van der Waals surface area contributed by atoms with Gasteiger partial charge in [0, 0.05) is 12.1 Å². The van der Waals surface area contributed by atoms with Gasteiger partial charge in [-0.05, 0) is 23.8 Å². The summed E-state index contributed by atoms with van der Waals surface area (Å²) in [6.45, 7) is 0.101. The van der Waals surface area contributed by atoms with Crippen LogP contribution in [0.25, 0.3) is 0 Å². The van der Waals surface area contributed by atoms with Gasteiger partial charge in [-0.15, -0.1) is 0 Å². The summed E-state index contributed by atoms with van der Waals surface area (Å²) in [5.41, 5.74) is 0.936. The first-order chi connectivity index (χ1) is 10.1. The van der Waals surface area contributed by atoms with Gasteiger partial charge < -0.3 is 10.1 Å². The Hall–Kier alpha value is -2.43. The Morgan fingerprint density at radius 1 is 1.14 bits per heavy atom. The summed E-state index contributed by atoms with van der Waals surface area (Å²) < 4.78 is 31.7. The maximum Gasteiger partial charge on any atom is 0.224 e.